The normalized spacial score (nSPS) is 9.40. The lowest BCUT2D eigenvalue weighted by Crippen LogP contribution is -2.18. The molecule has 1 amide bonds. The van der Waals surface area contributed by atoms with Gasteiger partial charge >= 0.3 is 6.09 Å². The molecule has 0 aliphatic heterocycles. The summed E-state index contributed by atoms with van der Waals surface area (Å²) >= 11 is 0. The summed E-state index contributed by atoms with van der Waals surface area (Å²) in [5, 5.41) is 3.01. The molecule has 1 aromatic heterocycles. The summed E-state index contributed by atoms with van der Waals surface area (Å²) in [6, 6.07) is 3.50. The van der Waals surface area contributed by atoms with Crippen LogP contribution in [0.1, 0.15) is 0 Å². The Morgan fingerprint density at radius 2 is 2.40 bits per heavy atom. The fourth-order valence-electron chi connectivity index (χ4n) is 0.966. The zero-order valence-corrected chi connectivity index (χ0v) is 8.06. The minimum atomic E-state index is -0.782. The number of hydrazine groups is 1. The molecule has 1 aromatic rings. The second kappa shape index (κ2) is 5.66. The Kier molecular flexibility index (Phi) is 4.17. The van der Waals surface area contributed by atoms with E-state index in [1.54, 1.807) is 18.3 Å². The van der Waals surface area contributed by atoms with Crippen molar-refractivity contribution in [1.29, 1.82) is 0 Å². The number of nitrogens with zero attached hydrogens (tertiary/aromatic N) is 1. The molecule has 0 unspecified atom stereocenters. The third kappa shape index (κ3) is 4.14. The quantitative estimate of drug-likeness (QED) is 0.306. The number of carbonyl (C=O) groups excluding carboxylic acids is 1. The summed E-state index contributed by atoms with van der Waals surface area (Å²) < 4.78 is 4.54. The first-order chi connectivity index (χ1) is 7.22. The van der Waals surface area contributed by atoms with Crippen molar-refractivity contribution >= 4 is 17.6 Å². The maximum Gasteiger partial charge on any atom is 0.404 e. The average Bonchev–Trinajstić information content (AvgIpc) is 2.24. The molecule has 0 spiro atoms. The van der Waals surface area contributed by atoms with Gasteiger partial charge in [0.05, 0.1) is 0 Å². The number of anilines is 2. The maximum atomic E-state index is 10.2. The number of nitrogens with two attached hydrogens (primary N) is 2. The van der Waals surface area contributed by atoms with E-state index in [0.717, 1.165) is 5.69 Å². The van der Waals surface area contributed by atoms with E-state index in [9.17, 15) is 4.79 Å². The van der Waals surface area contributed by atoms with E-state index in [-0.39, 0.29) is 6.61 Å². The highest BCUT2D eigenvalue weighted by Gasteiger charge is 1.96. The summed E-state index contributed by atoms with van der Waals surface area (Å²) in [5.74, 6) is 5.74. The number of amides is 1. The van der Waals surface area contributed by atoms with Crippen molar-refractivity contribution < 1.29 is 9.53 Å². The predicted octanol–water partition coefficient (Wildman–Crippen LogP) is -0.126. The lowest BCUT2D eigenvalue weighted by Gasteiger charge is -2.07. The average molecular weight is 211 g/mol. The topological polar surface area (TPSA) is 115 Å². The molecule has 0 aliphatic carbocycles. The van der Waals surface area contributed by atoms with Gasteiger partial charge in [-0.1, -0.05) is 0 Å². The number of hydrogen-bond donors (Lipinski definition) is 4. The van der Waals surface area contributed by atoms with Gasteiger partial charge in [0, 0.05) is 24.5 Å². The standard InChI is InChI=1S/C8H13N5O2/c9-8(14)15-4-3-11-6-1-2-12-7(5-6)13-10/h1-2,5H,3-4,10H2,(H2,9,14)(H2,11,12,13). The van der Waals surface area contributed by atoms with Crippen molar-refractivity contribution in [3.63, 3.8) is 0 Å². The second-order valence-corrected chi connectivity index (χ2v) is 2.67. The molecule has 0 fully saturated rings. The van der Waals surface area contributed by atoms with Crippen LogP contribution in [-0.2, 0) is 4.74 Å². The van der Waals surface area contributed by atoms with Crippen LogP contribution in [0.2, 0.25) is 0 Å². The van der Waals surface area contributed by atoms with E-state index in [0.29, 0.717) is 12.4 Å². The maximum absolute atomic E-state index is 10.2. The van der Waals surface area contributed by atoms with E-state index in [4.69, 9.17) is 11.6 Å². The van der Waals surface area contributed by atoms with Crippen molar-refractivity contribution in [3.8, 4) is 0 Å². The van der Waals surface area contributed by atoms with Crippen LogP contribution in [0.15, 0.2) is 18.3 Å². The zero-order valence-electron chi connectivity index (χ0n) is 8.06. The van der Waals surface area contributed by atoms with Crippen molar-refractivity contribution in [3.05, 3.63) is 18.3 Å². The molecule has 0 atom stereocenters. The molecule has 6 N–H and O–H groups in total. The van der Waals surface area contributed by atoms with Crippen molar-refractivity contribution in [2.75, 3.05) is 23.9 Å². The Labute approximate surface area is 86.8 Å². The SMILES string of the molecule is NNc1cc(NCCOC(N)=O)ccn1. The van der Waals surface area contributed by atoms with Crippen molar-refractivity contribution in [2.24, 2.45) is 11.6 Å². The summed E-state index contributed by atoms with van der Waals surface area (Å²) in [5.41, 5.74) is 8.04. The van der Waals surface area contributed by atoms with Crippen LogP contribution in [0.25, 0.3) is 0 Å². The van der Waals surface area contributed by atoms with Gasteiger partial charge in [-0.15, -0.1) is 0 Å². The lowest BCUT2D eigenvalue weighted by molar-refractivity contribution is 0.161. The van der Waals surface area contributed by atoms with Crippen LogP contribution in [0.3, 0.4) is 0 Å². The van der Waals surface area contributed by atoms with Gasteiger partial charge in [-0.3, -0.25) is 0 Å². The third-order valence-electron chi connectivity index (χ3n) is 1.58. The van der Waals surface area contributed by atoms with E-state index in [1.165, 1.54) is 0 Å². The van der Waals surface area contributed by atoms with Gasteiger partial charge in [0.1, 0.15) is 12.4 Å². The summed E-state index contributed by atoms with van der Waals surface area (Å²) in [7, 11) is 0. The molecular weight excluding hydrogens is 198 g/mol. The van der Waals surface area contributed by atoms with E-state index < -0.39 is 6.09 Å². The van der Waals surface area contributed by atoms with Gasteiger partial charge in [0.25, 0.3) is 0 Å². The highest BCUT2D eigenvalue weighted by molar-refractivity contribution is 5.64. The molecule has 0 bridgehead atoms. The van der Waals surface area contributed by atoms with Gasteiger partial charge in [-0.25, -0.2) is 15.6 Å². The summed E-state index contributed by atoms with van der Waals surface area (Å²) in [6.07, 6.45) is 0.822. The molecule has 1 rings (SSSR count). The number of hydrogen-bond acceptors (Lipinski definition) is 6. The minimum absolute atomic E-state index is 0.211. The summed E-state index contributed by atoms with van der Waals surface area (Å²) in [6.45, 7) is 0.681. The Hall–Kier alpha value is -2.02. The van der Waals surface area contributed by atoms with Gasteiger partial charge in [-0.2, -0.15) is 0 Å². The molecule has 7 heteroatoms. The third-order valence-corrected chi connectivity index (χ3v) is 1.58. The molecule has 0 aliphatic rings. The van der Waals surface area contributed by atoms with Gasteiger partial charge < -0.3 is 21.2 Å². The van der Waals surface area contributed by atoms with Gasteiger partial charge in [0.15, 0.2) is 0 Å². The van der Waals surface area contributed by atoms with E-state index in [2.05, 4.69) is 20.5 Å². The number of nitrogens with one attached hydrogen (secondary N) is 2. The minimum Gasteiger partial charge on any atom is -0.448 e. The molecule has 1 heterocycles. The van der Waals surface area contributed by atoms with E-state index in [1.807, 2.05) is 0 Å². The monoisotopic (exact) mass is 211 g/mol. The number of carbonyl (C=O) groups is 1. The molecule has 0 aromatic carbocycles. The van der Waals surface area contributed by atoms with Crippen LogP contribution >= 0.6 is 0 Å². The zero-order chi connectivity index (χ0) is 11.1. The van der Waals surface area contributed by atoms with Crippen molar-refractivity contribution in [2.45, 2.75) is 0 Å². The van der Waals surface area contributed by atoms with E-state index >= 15 is 0 Å². The van der Waals surface area contributed by atoms with Gasteiger partial charge in [0.2, 0.25) is 0 Å². The molecule has 0 saturated carbocycles. The number of ether oxygens (including phenoxy) is 1. The molecule has 15 heavy (non-hydrogen) atoms. The Morgan fingerprint density at radius 3 is 3.07 bits per heavy atom. The number of primary amides is 1. The van der Waals surface area contributed by atoms with Crippen LogP contribution < -0.4 is 22.3 Å². The molecule has 0 saturated heterocycles. The number of rotatable bonds is 5. The summed E-state index contributed by atoms with van der Waals surface area (Å²) in [4.78, 5) is 14.2. The van der Waals surface area contributed by atoms with Crippen LogP contribution in [0.4, 0.5) is 16.3 Å². The molecule has 82 valence electrons. The molecule has 0 radical (unpaired) electrons. The smallest absolute Gasteiger partial charge is 0.404 e. The van der Waals surface area contributed by atoms with Crippen LogP contribution in [0.5, 0.6) is 0 Å². The lowest BCUT2D eigenvalue weighted by atomic mass is 10.4. The fraction of sp³-hybridized carbons (Fsp3) is 0.250. The highest BCUT2D eigenvalue weighted by atomic mass is 16.5. The highest BCUT2D eigenvalue weighted by Crippen LogP contribution is 2.09. The Balaban J connectivity index is 2.33. The number of aromatic nitrogens is 1. The largest absolute Gasteiger partial charge is 0.448 e. The van der Waals surface area contributed by atoms with Crippen LogP contribution in [0, 0.1) is 0 Å². The predicted molar refractivity (Wildman–Crippen MR) is 56.1 cm³/mol. The molecular formula is C8H13N5O2. The molecule has 7 nitrogen and oxygen atoms in total. The van der Waals surface area contributed by atoms with Crippen molar-refractivity contribution in [1.82, 2.24) is 4.98 Å². The fourth-order valence-corrected chi connectivity index (χ4v) is 0.966. The Morgan fingerprint density at radius 1 is 1.60 bits per heavy atom. The number of nitrogen functional groups attached to an aromatic ring is 1. The first kappa shape index (κ1) is 11.1. The Bertz CT molecular complexity index is 331. The number of pyridine rings is 1. The second-order valence-electron chi connectivity index (χ2n) is 2.67. The van der Waals surface area contributed by atoms with Gasteiger partial charge in [-0.05, 0) is 6.07 Å². The first-order valence-electron chi connectivity index (χ1n) is 4.31. The van der Waals surface area contributed by atoms with Crippen LogP contribution in [-0.4, -0.2) is 24.2 Å². The first-order valence-corrected chi connectivity index (χ1v) is 4.31.